The van der Waals surface area contributed by atoms with Gasteiger partial charge in [0.05, 0.1) is 0 Å². The second-order valence-electron chi connectivity index (χ2n) is 1.37. The lowest BCUT2D eigenvalue weighted by Gasteiger charge is -1.92. The SMILES string of the molecule is C=C[C@@H](C)CBr. The van der Waals surface area contributed by atoms with Crippen molar-refractivity contribution in [3.8, 4) is 0 Å². The third-order valence-corrected chi connectivity index (χ3v) is 1.67. The third kappa shape index (κ3) is 2.46. The lowest BCUT2D eigenvalue weighted by atomic mass is 10.2. The van der Waals surface area contributed by atoms with E-state index in [4.69, 9.17) is 0 Å². The molecule has 0 spiro atoms. The maximum Gasteiger partial charge on any atom is 0.00915 e. The van der Waals surface area contributed by atoms with E-state index in [9.17, 15) is 0 Å². The molecule has 0 aromatic rings. The second-order valence-corrected chi connectivity index (χ2v) is 2.01. The summed E-state index contributed by atoms with van der Waals surface area (Å²) in [5.74, 6) is 0.616. The van der Waals surface area contributed by atoms with Crippen LogP contribution in [0, 0.1) is 5.92 Å². The predicted octanol–water partition coefficient (Wildman–Crippen LogP) is 2.20. The van der Waals surface area contributed by atoms with E-state index in [-0.39, 0.29) is 0 Å². The lowest BCUT2D eigenvalue weighted by Crippen LogP contribution is -1.85. The number of allylic oxidation sites excluding steroid dienone is 1. The zero-order valence-corrected chi connectivity index (χ0v) is 5.53. The highest BCUT2D eigenvalue weighted by Crippen LogP contribution is 1.97. The van der Waals surface area contributed by atoms with Crippen LogP contribution in [0.25, 0.3) is 0 Å². The van der Waals surface area contributed by atoms with Crippen molar-refractivity contribution in [1.29, 1.82) is 0 Å². The van der Waals surface area contributed by atoms with Crippen molar-refractivity contribution >= 4 is 15.9 Å². The van der Waals surface area contributed by atoms with E-state index in [2.05, 4.69) is 29.4 Å². The summed E-state index contributed by atoms with van der Waals surface area (Å²) in [4.78, 5) is 0. The van der Waals surface area contributed by atoms with Crippen molar-refractivity contribution in [2.24, 2.45) is 5.92 Å². The molecule has 0 unspecified atom stereocenters. The average molecular weight is 149 g/mol. The van der Waals surface area contributed by atoms with E-state index in [1.165, 1.54) is 0 Å². The topological polar surface area (TPSA) is 0 Å². The molecule has 0 aliphatic carbocycles. The molecule has 0 rings (SSSR count). The smallest absolute Gasteiger partial charge is 0.00915 e. The van der Waals surface area contributed by atoms with Gasteiger partial charge in [0.25, 0.3) is 0 Å². The summed E-state index contributed by atoms with van der Waals surface area (Å²) in [5, 5.41) is 1.02. The molecule has 0 radical (unpaired) electrons. The average Bonchev–Trinajstić information content (AvgIpc) is 1.65. The normalized spacial score (nSPS) is 13.7. The predicted molar refractivity (Wildman–Crippen MR) is 33.2 cm³/mol. The van der Waals surface area contributed by atoms with E-state index in [0.717, 1.165) is 5.33 Å². The van der Waals surface area contributed by atoms with Crippen LogP contribution in [0.1, 0.15) is 6.92 Å². The van der Waals surface area contributed by atoms with Crippen LogP contribution >= 0.6 is 15.9 Å². The molecular weight excluding hydrogens is 140 g/mol. The molecule has 0 N–H and O–H groups in total. The molecule has 0 amide bonds. The van der Waals surface area contributed by atoms with Crippen molar-refractivity contribution in [1.82, 2.24) is 0 Å². The number of rotatable bonds is 2. The molecule has 1 heteroatoms. The van der Waals surface area contributed by atoms with Gasteiger partial charge in [0, 0.05) is 5.33 Å². The molecule has 0 aliphatic rings. The minimum Gasteiger partial charge on any atom is -0.103 e. The number of alkyl halides is 1. The van der Waals surface area contributed by atoms with Crippen LogP contribution in [0.3, 0.4) is 0 Å². The Bertz CT molecular complexity index is 41.2. The molecule has 0 aliphatic heterocycles. The van der Waals surface area contributed by atoms with Gasteiger partial charge in [0.1, 0.15) is 0 Å². The molecule has 0 heterocycles. The maximum atomic E-state index is 3.60. The van der Waals surface area contributed by atoms with E-state index >= 15 is 0 Å². The quantitative estimate of drug-likeness (QED) is 0.417. The van der Waals surface area contributed by atoms with Crippen LogP contribution in [0.15, 0.2) is 12.7 Å². The highest BCUT2D eigenvalue weighted by Gasteiger charge is 1.85. The van der Waals surface area contributed by atoms with E-state index < -0.39 is 0 Å². The highest BCUT2D eigenvalue weighted by molar-refractivity contribution is 9.09. The Morgan fingerprint density at radius 1 is 2.00 bits per heavy atom. The molecule has 0 fully saturated rings. The second kappa shape index (κ2) is 3.41. The molecule has 0 saturated carbocycles. The Labute approximate surface area is 47.4 Å². The summed E-state index contributed by atoms with van der Waals surface area (Å²) < 4.78 is 0. The molecule has 0 aromatic carbocycles. The van der Waals surface area contributed by atoms with Gasteiger partial charge >= 0.3 is 0 Å². The van der Waals surface area contributed by atoms with Crippen LogP contribution in [0.4, 0.5) is 0 Å². The molecule has 6 heavy (non-hydrogen) atoms. The highest BCUT2D eigenvalue weighted by atomic mass is 79.9. The Balaban J connectivity index is 2.96. The molecule has 0 saturated heterocycles. The Hall–Kier alpha value is 0.220. The third-order valence-electron chi connectivity index (χ3n) is 0.646. The number of hydrogen-bond donors (Lipinski definition) is 0. The zero-order chi connectivity index (χ0) is 4.99. The molecule has 36 valence electrons. The van der Waals surface area contributed by atoms with Crippen LogP contribution in [-0.4, -0.2) is 5.33 Å². The summed E-state index contributed by atoms with van der Waals surface area (Å²) in [6, 6.07) is 0. The van der Waals surface area contributed by atoms with Gasteiger partial charge in [-0.1, -0.05) is 28.9 Å². The lowest BCUT2D eigenvalue weighted by molar-refractivity contribution is 0.857. The first kappa shape index (κ1) is 6.22. The van der Waals surface area contributed by atoms with E-state index in [1.54, 1.807) is 0 Å². The fraction of sp³-hybridized carbons (Fsp3) is 0.600. The first-order valence-corrected chi connectivity index (χ1v) is 3.12. The van der Waals surface area contributed by atoms with Gasteiger partial charge in [0.2, 0.25) is 0 Å². The summed E-state index contributed by atoms with van der Waals surface area (Å²) in [6.07, 6.45) is 1.93. The van der Waals surface area contributed by atoms with E-state index in [0.29, 0.717) is 5.92 Å². The first-order chi connectivity index (χ1) is 2.81. The molecule has 1 atom stereocenters. The van der Waals surface area contributed by atoms with Crippen molar-refractivity contribution < 1.29 is 0 Å². The minimum absolute atomic E-state index is 0.616. The Morgan fingerprint density at radius 2 is 2.50 bits per heavy atom. The van der Waals surface area contributed by atoms with Crippen molar-refractivity contribution in [3.63, 3.8) is 0 Å². The summed E-state index contributed by atoms with van der Waals surface area (Å²) in [7, 11) is 0. The molecular formula is C5H9Br. The van der Waals surface area contributed by atoms with Gasteiger partial charge in [-0.15, -0.1) is 6.58 Å². The van der Waals surface area contributed by atoms with Crippen LogP contribution in [0.2, 0.25) is 0 Å². The minimum atomic E-state index is 0.616. The summed E-state index contributed by atoms with van der Waals surface area (Å²) in [6.45, 7) is 5.71. The van der Waals surface area contributed by atoms with Crippen molar-refractivity contribution in [2.75, 3.05) is 5.33 Å². The fourth-order valence-electron chi connectivity index (χ4n) is 0.0630. The Kier molecular flexibility index (Phi) is 3.54. The van der Waals surface area contributed by atoms with Crippen LogP contribution in [0.5, 0.6) is 0 Å². The van der Waals surface area contributed by atoms with Gasteiger partial charge < -0.3 is 0 Å². The first-order valence-electron chi connectivity index (χ1n) is 1.99. The monoisotopic (exact) mass is 148 g/mol. The number of halogens is 1. The largest absolute Gasteiger partial charge is 0.103 e. The van der Waals surface area contributed by atoms with Crippen LogP contribution < -0.4 is 0 Å². The molecule has 0 nitrogen and oxygen atoms in total. The molecule has 0 aromatic heterocycles. The number of hydrogen-bond acceptors (Lipinski definition) is 0. The molecule has 0 bridgehead atoms. The van der Waals surface area contributed by atoms with Gasteiger partial charge in [-0.3, -0.25) is 0 Å². The van der Waals surface area contributed by atoms with Crippen LogP contribution in [-0.2, 0) is 0 Å². The maximum absolute atomic E-state index is 3.60. The summed E-state index contributed by atoms with van der Waals surface area (Å²) >= 11 is 3.30. The fourth-order valence-corrected chi connectivity index (χ4v) is 0.327. The van der Waals surface area contributed by atoms with Gasteiger partial charge in [-0.25, -0.2) is 0 Å². The van der Waals surface area contributed by atoms with Crippen molar-refractivity contribution in [2.45, 2.75) is 6.92 Å². The Morgan fingerprint density at radius 3 is 2.50 bits per heavy atom. The van der Waals surface area contributed by atoms with Crippen molar-refractivity contribution in [3.05, 3.63) is 12.7 Å². The van der Waals surface area contributed by atoms with Gasteiger partial charge in [0.15, 0.2) is 0 Å². The standard InChI is InChI=1S/C5H9Br/c1-3-5(2)4-6/h3,5H,1,4H2,2H3/t5-/m1/s1. The van der Waals surface area contributed by atoms with E-state index in [1.807, 2.05) is 6.08 Å². The zero-order valence-electron chi connectivity index (χ0n) is 3.95. The van der Waals surface area contributed by atoms with Gasteiger partial charge in [-0.05, 0) is 5.92 Å². The summed E-state index contributed by atoms with van der Waals surface area (Å²) in [5.41, 5.74) is 0. The van der Waals surface area contributed by atoms with Gasteiger partial charge in [-0.2, -0.15) is 0 Å².